The van der Waals surface area contributed by atoms with Crippen molar-refractivity contribution < 1.29 is 9.63 Å². The number of hydrogen-bond acceptors (Lipinski definition) is 2. The second-order valence-electron chi connectivity index (χ2n) is 9.66. The van der Waals surface area contributed by atoms with Gasteiger partial charge in [-0.2, -0.15) is 0 Å². The molecule has 0 saturated heterocycles. The number of allylic oxidation sites excluding steroid dienone is 2. The quantitative estimate of drug-likeness (QED) is 0.368. The minimum Gasteiger partial charge on any atom is -0.275 e. The highest BCUT2D eigenvalue weighted by molar-refractivity contribution is 5.75. The van der Waals surface area contributed by atoms with E-state index in [2.05, 4.69) is 67.5 Å². The molecule has 0 radical (unpaired) electrons. The molecule has 1 amide bonds. The molecule has 0 aliphatic carbocycles. The fourth-order valence-corrected chi connectivity index (χ4v) is 3.08. The Morgan fingerprint density at radius 3 is 1.96 bits per heavy atom. The first-order chi connectivity index (χ1) is 10.7. The molecule has 3 nitrogen and oxygen atoms in total. The van der Waals surface area contributed by atoms with E-state index < -0.39 is 0 Å². The first-order valence-electron chi connectivity index (χ1n) is 9.20. The van der Waals surface area contributed by atoms with Gasteiger partial charge in [0, 0.05) is 13.5 Å². The highest BCUT2D eigenvalue weighted by Gasteiger charge is 2.38. The SMILES string of the molecule is CON(C)C(=O)CC(C)(C)C(C)(C)C/C=C\CC(C)(C)CC(C)C. The van der Waals surface area contributed by atoms with Crippen molar-refractivity contribution in [2.24, 2.45) is 22.2 Å². The van der Waals surface area contributed by atoms with Crippen LogP contribution in [0.3, 0.4) is 0 Å². The Morgan fingerprint density at radius 2 is 1.50 bits per heavy atom. The van der Waals surface area contributed by atoms with Crippen molar-refractivity contribution >= 4 is 5.91 Å². The zero-order valence-corrected chi connectivity index (χ0v) is 17.8. The van der Waals surface area contributed by atoms with Gasteiger partial charge >= 0.3 is 0 Å². The number of nitrogens with zero attached hydrogens (tertiary/aromatic N) is 1. The summed E-state index contributed by atoms with van der Waals surface area (Å²) in [5.41, 5.74) is 0.284. The fourth-order valence-electron chi connectivity index (χ4n) is 3.08. The third-order valence-electron chi connectivity index (χ3n) is 5.48. The maximum atomic E-state index is 12.2. The fraction of sp³-hybridized carbons (Fsp3) is 0.857. The van der Waals surface area contributed by atoms with Crippen molar-refractivity contribution in [2.45, 2.75) is 81.1 Å². The Hall–Kier alpha value is -0.830. The van der Waals surface area contributed by atoms with Crippen molar-refractivity contribution in [3.63, 3.8) is 0 Å². The molecule has 142 valence electrons. The van der Waals surface area contributed by atoms with E-state index in [1.807, 2.05) is 0 Å². The minimum absolute atomic E-state index is 0.0256. The lowest BCUT2D eigenvalue weighted by Gasteiger charge is -2.41. The molecular weight excluding hydrogens is 298 g/mol. The maximum absolute atomic E-state index is 12.2. The molecule has 0 aliphatic rings. The standard InChI is InChI=1S/C21H41NO2/c1-17(2)15-19(3,4)13-11-12-14-20(5,6)21(7,8)16-18(23)22(9)24-10/h11-12,17H,13-16H2,1-10H3/b12-11-. The predicted octanol–water partition coefficient (Wildman–Crippen LogP) is 5.86. The van der Waals surface area contributed by atoms with E-state index in [0.29, 0.717) is 11.8 Å². The van der Waals surface area contributed by atoms with Gasteiger partial charge in [0.05, 0.1) is 7.11 Å². The van der Waals surface area contributed by atoms with Gasteiger partial charge in [-0.15, -0.1) is 0 Å². The van der Waals surface area contributed by atoms with Crippen LogP contribution in [-0.4, -0.2) is 25.1 Å². The number of hydrogen-bond donors (Lipinski definition) is 0. The summed E-state index contributed by atoms with van der Waals surface area (Å²) in [5, 5.41) is 1.32. The number of rotatable bonds is 10. The molecule has 0 unspecified atom stereocenters. The van der Waals surface area contributed by atoms with Crippen LogP contribution in [0.25, 0.3) is 0 Å². The van der Waals surface area contributed by atoms with Gasteiger partial charge in [0.25, 0.3) is 0 Å². The zero-order valence-electron chi connectivity index (χ0n) is 17.8. The Morgan fingerprint density at radius 1 is 1.00 bits per heavy atom. The maximum Gasteiger partial charge on any atom is 0.246 e. The van der Waals surface area contributed by atoms with Gasteiger partial charge in [-0.25, -0.2) is 5.06 Å². The third-order valence-corrected chi connectivity index (χ3v) is 5.48. The van der Waals surface area contributed by atoms with Crippen LogP contribution in [0.4, 0.5) is 0 Å². The van der Waals surface area contributed by atoms with Gasteiger partial charge in [-0.3, -0.25) is 9.63 Å². The molecule has 0 atom stereocenters. The van der Waals surface area contributed by atoms with E-state index in [9.17, 15) is 4.79 Å². The molecule has 0 spiro atoms. The van der Waals surface area contributed by atoms with Crippen molar-refractivity contribution in [1.82, 2.24) is 5.06 Å². The molecule has 0 aromatic carbocycles. The number of hydroxylamine groups is 2. The van der Waals surface area contributed by atoms with Crippen LogP contribution >= 0.6 is 0 Å². The first-order valence-corrected chi connectivity index (χ1v) is 9.20. The molecule has 0 aromatic rings. The number of amides is 1. The smallest absolute Gasteiger partial charge is 0.246 e. The van der Waals surface area contributed by atoms with Gasteiger partial charge in [0.15, 0.2) is 0 Å². The molecule has 24 heavy (non-hydrogen) atoms. The van der Waals surface area contributed by atoms with E-state index in [0.717, 1.165) is 18.8 Å². The second-order valence-corrected chi connectivity index (χ2v) is 9.66. The molecule has 0 heterocycles. The van der Waals surface area contributed by atoms with Gasteiger partial charge in [0.1, 0.15) is 0 Å². The van der Waals surface area contributed by atoms with E-state index >= 15 is 0 Å². The van der Waals surface area contributed by atoms with Gasteiger partial charge in [0.2, 0.25) is 5.91 Å². The van der Waals surface area contributed by atoms with Gasteiger partial charge < -0.3 is 0 Å². The normalized spacial score (nSPS) is 13.8. The van der Waals surface area contributed by atoms with Crippen LogP contribution < -0.4 is 0 Å². The predicted molar refractivity (Wildman–Crippen MR) is 104 cm³/mol. The molecule has 0 fully saturated rings. The Bertz CT molecular complexity index is 420. The Balaban J connectivity index is 4.71. The molecule has 0 N–H and O–H groups in total. The lowest BCUT2D eigenvalue weighted by Crippen LogP contribution is -2.38. The largest absolute Gasteiger partial charge is 0.275 e. The summed E-state index contributed by atoms with van der Waals surface area (Å²) in [4.78, 5) is 17.2. The van der Waals surface area contributed by atoms with Crippen molar-refractivity contribution in [1.29, 1.82) is 0 Å². The monoisotopic (exact) mass is 339 g/mol. The molecule has 0 rings (SSSR count). The Kier molecular flexibility index (Phi) is 8.72. The lowest BCUT2D eigenvalue weighted by atomic mass is 9.64. The first kappa shape index (κ1) is 23.2. The molecule has 0 aliphatic heterocycles. The van der Waals surface area contributed by atoms with Crippen LogP contribution in [0.15, 0.2) is 12.2 Å². The van der Waals surface area contributed by atoms with Crippen LogP contribution in [0, 0.1) is 22.2 Å². The van der Waals surface area contributed by atoms with Crippen LogP contribution in [0.2, 0.25) is 0 Å². The summed E-state index contributed by atoms with van der Waals surface area (Å²) >= 11 is 0. The van der Waals surface area contributed by atoms with E-state index in [1.165, 1.54) is 18.6 Å². The zero-order chi connectivity index (χ0) is 19.2. The average molecular weight is 340 g/mol. The summed E-state index contributed by atoms with van der Waals surface area (Å²) in [7, 11) is 3.19. The Labute approximate surface area is 150 Å². The van der Waals surface area contributed by atoms with Gasteiger partial charge in [-0.05, 0) is 41.4 Å². The van der Waals surface area contributed by atoms with Crippen molar-refractivity contribution in [3.8, 4) is 0 Å². The van der Waals surface area contributed by atoms with E-state index in [1.54, 1.807) is 7.05 Å². The number of carbonyl (C=O) groups is 1. The molecule has 0 aromatic heterocycles. The molecule has 0 saturated carbocycles. The summed E-state index contributed by atoms with van der Waals surface area (Å²) in [6.07, 6.45) is 8.42. The highest BCUT2D eigenvalue weighted by atomic mass is 16.7. The van der Waals surface area contributed by atoms with Crippen molar-refractivity contribution in [3.05, 3.63) is 12.2 Å². The van der Waals surface area contributed by atoms with E-state index in [-0.39, 0.29) is 16.7 Å². The molecular formula is C21H41NO2. The summed E-state index contributed by atoms with van der Waals surface area (Å²) in [5.74, 6) is 0.755. The van der Waals surface area contributed by atoms with Gasteiger partial charge in [-0.1, -0.05) is 67.5 Å². The molecule has 0 bridgehead atoms. The summed E-state index contributed by atoms with van der Waals surface area (Å²) in [6, 6.07) is 0. The minimum atomic E-state index is -0.103. The van der Waals surface area contributed by atoms with Crippen molar-refractivity contribution in [2.75, 3.05) is 14.2 Å². The third kappa shape index (κ3) is 7.83. The van der Waals surface area contributed by atoms with Crippen LogP contribution in [-0.2, 0) is 9.63 Å². The summed E-state index contributed by atoms with van der Waals surface area (Å²) in [6.45, 7) is 18.1. The highest BCUT2D eigenvalue weighted by Crippen LogP contribution is 2.44. The number of carbonyl (C=O) groups excluding carboxylic acids is 1. The summed E-state index contributed by atoms with van der Waals surface area (Å²) < 4.78 is 0. The van der Waals surface area contributed by atoms with Crippen LogP contribution in [0.1, 0.15) is 81.1 Å². The van der Waals surface area contributed by atoms with E-state index in [4.69, 9.17) is 4.84 Å². The molecule has 3 heteroatoms. The lowest BCUT2D eigenvalue weighted by molar-refractivity contribution is -0.172. The average Bonchev–Trinajstić information content (AvgIpc) is 2.40. The van der Waals surface area contributed by atoms with Crippen LogP contribution in [0.5, 0.6) is 0 Å². The topological polar surface area (TPSA) is 29.5 Å². The second kappa shape index (κ2) is 9.03.